The molecule has 4 aromatic rings. The fraction of sp³-hybridized carbons (Fsp3) is 0.250. The van der Waals surface area contributed by atoms with Crippen LogP contribution in [0.5, 0.6) is 5.75 Å². The summed E-state index contributed by atoms with van der Waals surface area (Å²) < 4.78 is 5.35. The summed E-state index contributed by atoms with van der Waals surface area (Å²) in [6.07, 6.45) is 0. The van der Waals surface area contributed by atoms with Crippen molar-refractivity contribution in [2.75, 3.05) is 43.5 Å². The molecule has 2 atom stereocenters. The van der Waals surface area contributed by atoms with Crippen LogP contribution in [0.3, 0.4) is 0 Å². The summed E-state index contributed by atoms with van der Waals surface area (Å²) in [4.78, 5) is 28.6. The van der Waals surface area contributed by atoms with Crippen LogP contribution in [0.15, 0.2) is 60.7 Å². The number of nitrogens with zero attached hydrogens (tertiary/aromatic N) is 2. The van der Waals surface area contributed by atoms with E-state index in [9.17, 15) is 9.59 Å². The number of benzene rings is 3. The molecule has 3 heterocycles. The van der Waals surface area contributed by atoms with Gasteiger partial charge in [-0.2, -0.15) is 5.10 Å². The van der Waals surface area contributed by atoms with Crippen molar-refractivity contribution in [3.63, 3.8) is 0 Å². The van der Waals surface area contributed by atoms with Gasteiger partial charge in [-0.1, -0.05) is 24.3 Å². The van der Waals surface area contributed by atoms with Gasteiger partial charge in [-0.25, -0.2) is 0 Å². The molecule has 1 saturated heterocycles. The van der Waals surface area contributed by atoms with Crippen LogP contribution >= 0.6 is 0 Å². The van der Waals surface area contributed by atoms with E-state index in [1.807, 2.05) is 18.2 Å². The molecule has 7 rings (SSSR count). The van der Waals surface area contributed by atoms with Crippen molar-refractivity contribution in [2.45, 2.75) is 11.3 Å². The quantitative estimate of drug-likeness (QED) is 0.389. The lowest BCUT2D eigenvalue weighted by Crippen LogP contribution is -2.43. The lowest BCUT2D eigenvalue weighted by Gasteiger charge is -2.29. The van der Waals surface area contributed by atoms with Crippen LogP contribution in [0.4, 0.5) is 11.4 Å². The Hall–Kier alpha value is -4.17. The Labute approximate surface area is 207 Å². The standard InChI is InChI=1S/C28H25N5O3/c1-36-19-7-9-22-21(15-19)28(27(35)30-22)24(26(28)34)17-4-8-20-23(14-17)31-32-25(20)16-2-5-18(6-3-16)33-12-10-29-11-13-33/h2-9,14-15,24,29H,10-13H2,1H3,(H,30,35)(H,31,32)/t24-,28+/m1/s1. The lowest BCUT2D eigenvalue weighted by molar-refractivity contribution is -0.121. The molecule has 1 aromatic heterocycles. The maximum Gasteiger partial charge on any atom is 0.243 e. The fourth-order valence-corrected chi connectivity index (χ4v) is 5.86. The number of Topliss-reactive ketones (excluding diaryl/α,β-unsaturated/α-hetero) is 1. The van der Waals surface area contributed by atoms with Crippen molar-refractivity contribution in [3.8, 4) is 17.0 Å². The van der Waals surface area contributed by atoms with Crippen LogP contribution in [0, 0.1) is 0 Å². The van der Waals surface area contributed by atoms with Crippen LogP contribution in [-0.2, 0) is 15.0 Å². The van der Waals surface area contributed by atoms with E-state index in [1.54, 1.807) is 25.3 Å². The summed E-state index contributed by atoms with van der Waals surface area (Å²) in [5.74, 6) is -0.259. The third-order valence-electron chi connectivity index (χ3n) is 7.80. The van der Waals surface area contributed by atoms with Gasteiger partial charge in [-0.15, -0.1) is 0 Å². The molecule has 1 spiro atoms. The molecule has 180 valence electrons. The second-order valence-corrected chi connectivity index (χ2v) is 9.63. The monoisotopic (exact) mass is 479 g/mol. The van der Waals surface area contributed by atoms with E-state index in [0.29, 0.717) is 17.0 Å². The van der Waals surface area contributed by atoms with Crippen molar-refractivity contribution in [3.05, 3.63) is 71.8 Å². The predicted molar refractivity (Wildman–Crippen MR) is 138 cm³/mol. The largest absolute Gasteiger partial charge is 0.497 e. The molecular formula is C28H25N5O3. The molecule has 3 aliphatic rings. The molecule has 2 fully saturated rings. The zero-order chi connectivity index (χ0) is 24.4. The zero-order valence-electron chi connectivity index (χ0n) is 19.8. The average molecular weight is 480 g/mol. The Morgan fingerprint density at radius 2 is 1.81 bits per heavy atom. The maximum absolute atomic E-state index is 13.2. The number of methoxy groups -OCH3 is 1. The van der Waals surface area contributed by atoms with E-state index in [0.717, 1.165) is 53.9 Å². The third kappa shape index (κ3) is 2.88. The zero-order valence-corrected chi connectivity index (χ0v) is 19.8. The number of hydrogen-bond donors (Lipinski definition) is 3. The number of ketones is 1. The number of ether oxygens (including phenoxy) is 1. The summed E-state index contributed by atoms with van der Waals surface area (Å²) in [5.41, 5.74) is 4.95. The number of fused-ring (bicyclic) bond motifs is 3. The van der Waals surface area contributed by atoms with Gasteiger partial charge in [0.05, 0.1) is 24.2 Å². The Morgan fingerprint density at radius 1 is 1.00 bits per heavy atom. The minimum atomic E-state index is -1.18. The molecule has 36 heavy (non-hydrogen) atoms. The number of amides is 1. The Balaban J connectivity index is 1.21. The van der Waals surface area contributed by atoms with Gasteiger partial charge in [0.15, 0.2) is 5.78 Å². The number of hydrogen-bond acceptors (Lipinski definition) is 6. The van der Waals surface area contributed by atoms with E-state index in [4.69, 9.17) is 4.74 Å². The summed E-state index contributed by atoms with van der Waals surface area (Å²) in [6.45, 7) is 4.01. The molecule has 1 saturated carbocycles. The molecular weight excluding hydrogens is 454 g/mol. The van der Waals surface area contributed by atoms with Crippen molar-refractivity contribution in [1.82, 2.24) is 15.5 Å². The third-order valence-corrected chi connectivity index (χ3v) is 7.80. The number of aromatic nitrogens is 2. The summed E-state index contributed by atoms with van der Waals surface area (Å²) in [6, 6.07) is 19.8. The van der Waals surface area contributed by atoms with Gasteiger partial charge in [0.2, 0.25) is 5.91 Å². The maximum atomic E-state index is 13.2. The lowest BCUT2D eigenvalue weighted by atomic mass is 9.91. The van der Waals surface area contributed by atoms with Gasteiger partial charge in [0, 0.05) is 54.1 Å². The van der Waals surface area contributed by atoms with Gasteiger partial charge in [-0.3, -0.25) is 14.7 Å². The summed E-state index contributed by atoms with van der Waals surface area (Å²) in [7, 11) is 1.58. The topological polar surface area (TPSA) is 99.3 Å². The minimum Gasteiger partial charge on any atom is -0.497 e. The van der Waals surface area contributed by atoms with Crippen LogP contribution < -0.4 is 20.3 Å². The number of aromatic amines is 1. The van der Waals surface area contributed by atoms with Gasteiger partial charge < -0.3 is 20.3 Å². The predicted octanol–water partition coefficient (Wildman–Crippen LogP) is 3.20. The highest BCUT2D eigenvalue weighted by molar-refractivity contribution is 6.35. The molecule has 0 radical (unpaired) electrons. The molecule has 8 nitrogen and oxygen atoms in total. The van der Waals surface area contributed by atoms with E-state index in [-0.39, 0.29) is 11.7 Å². The molecule has 3 N–H and O–H groups in total. The molecule has 1 aliphatic carbocycles. The van der Waals surface area contributed by atoms with Gasteiger partial charge in [0.1, 0.15) is 11.2 Å². The molecule has 0 unspecified atom stereocenters. The van der Waals surface area contributed by atoms with E-state index in [1.165, 1.54) is 5.69 Å². The van der Waals surface area contributed by atoms with Crippen LogP contribution in [0.25, 0.3) is 22.2 Å². The van der Waals surface area contributed by atoms with E-state index in [2.05, 4.69) is 50.0 Å². The van der Waals surface area contributed by atoms with Crippen LogP contribution in [0.2, 0.25) is 0 Å². The van der Waals surface area contributed by atoms with Crippen LogP contribution in [-0.4, -0.2) is 55.2 Å². The first-order valence-electron chi connectivity index (χ1n) is 12.2. The van der Waals surface area contributed by atoms with Gasteiger partial charge in [-0.05, 0) is 42.0 Å². The number of H-pyrrole nitrogens is 1. The second kappa shape index (κ2) is 7.66. The van der Waals surface area contributed by atoms with Gasteiger partial charge >= 0.3 is 0 Å². The second-order valence-electron chi connectivity index (χ2n) is 9.63. The highest BCUT2D eigenvalue weighted by atomic mass is 16.5. The molecule has 2 aliphatic heterocycles. The number of carbonyl (C=O) groups is 2. The summed E-state index contributed by atoms with van der Waals surface area (Å²) >= 11 is 0. The number of anilines is 2. The number of piperazine rings is 1. The first-order chi connectivity index (χ1) is 17.6. The van der Waals surface area contributed by atoms with E-state index < -0.39 is 11.3 Å². The highest BCUT2D eigenvalue weighted by Gasteiger charge is 2.74. The normalized spacial score (nSPS) is 22.7. The Bertz CT molecular complexity index is 1540. The van der Waals surface area contributed by atoms with Crippen molar-refractivity contribution in [1.29, 1.82) is 0 Å². The molecule has 8 heteroatoms. The smallest absolute Gasteiger partial charge is 0.243 e. The number of rotatable bonds is 4. The van der Waals surface area contributed by atoms with E-state index >= 15 is 0 Å². The minimum absolute atomic E-state index is 0.0883. The number of carbonyl (C=O) groups excluding carboxylic acids is 2. The first kappa shape index (κ1) is 21.1. The number of nitrogens with one attached hydrogen (secondary N) is 3. The van der Waals surface area contributed by atoms with Crippen molar-refractivity contribution >= 4 is 34.0 Å². The first-order valence-corrected chi connectivity index (χ1v) is 12.2. The molecule has 1 amide bonds. The van der Waals surface area contributed by atoms with Crippen LogP contribution in [0.1, 0.15) is 17.0 Å². The van der Waals surface area contributed by atoms with Crippen molar-refractivity contribution in [2.24, 2.45) is 0 Å². The Morgan fingerprint density at radius 3 is 2.58 bits per heavy atom. The highest BCUT2D eigenvalue weighted by Crippen LogP contribution is 2.62. The van der Waals surface area contributed by atoms with Gasteiger partial charge in [0.25, 0.3) is 0 Å². The Kier molecular flexibility index (Phi) is 4.50. The SMILES string of the molecule is COc1ccc2c(c1)[C@@]1(C(=O)N2)C(=O)[C@H]1c1ccc2c(-c3ccc(N4CCNCC4)cc3)n[nH]c2c1. The summed E-state index contributed by atoms with van der Waals surface area (Å²) in [5, 5.41) is 15.0. The molecule has 3 aromatic carbocycles. The molecule has 0 bridgehead atoms. The fourth-order valence-electron chi connectivity index (χ4n) is 5.86. The average Bonchev–Trinajstić information content (AvgIpc) is 3.19. The van der Waals surface area contributed by atoms with Crippen molar-refractivity contribution < 1.29 is 14.3 Å².